The van der Waals surface area contributed by atoms with Crippen LogP contribution >= 0.6 is 0 Å². The number of pyridine rings is 1. The van der Waals surface area contributed by atoms with Crippen molar-refractivity contribution < 1.29 is 4.39 Å². The molecule has 1 N–H and O–H groups in total. The average molecular weight is 223 g/mol. The zero-order valence-corrected chi connectivity index (χ0v) is 9.45. The lowest BCUT2D eigenvalue weighted by atomic mass is 10.1. The van der Waals surface area contributed by atoms with Crippen molar-refractivity contribution in [2.45, 2.75) is 19.3 Å². The first kappa shape index (κ1) is 11.3. The number of nitrogens with one attached hydrogen (secondary N) is 1. The largest absolute Gasteiger partial charge is 0.369 e. The van der Waals surface area contributed by atoms with Crippen molar-refractivity contribution in [2.75, 3.05) is 31.5 Å². The second-order valence-corrected chi connectivity index (χ2v) is 4.17. The molecule has 2 rings (SSSR count). The van der Waals surface area contributed by atoms with Gasteiger partial charge in [-0.25, -0.2) is 4.98 Å². The molecular weight excluding hydrogens is 205 g/mol. The number of hydrogen-bond acceptors (Lipinski definition) is 3. The first-order valence-electron chi connectivity index (χ1n) is 5.93. The zero-order valence-electron chi connectivity index (χ0n) is 9.45. The van der Waals surface area contributed by atoms with Crippen LogP contribution in [0.25, 0.3) is 0 Å². The van der Waals surface area contributed by atoms with Gasteiger partial charge in [-0.3, -0.25) is 0 Å². The minimum Gasteiger partial charge on any atom is -0.369 e. The quantitative estimate of drug-likeness (QED) is 0.792. The smallest absolute Gasteiger partial charge is 0.214 e. The van der Waals surface area contributed by atoms with E-state index < -0.39 is 5.95 Å². The van der Waals surface area contributed by atoms with Crippen LogP contribution in [0, 0.1) is 5.95 Å². The van der Waals surface area contributed by atoms with Gasteiger partial charge in [0.25, 0.3) is 0 Å². The highest BCUT2D eigenvalue weighted by molar-refractivity contribution is 5.33. The predicted octanol–water partition coefficient (Wildman–Crippen LogP) is 2.12. The van der Waals surface area contributed by atoms with Crippen LogP contribution in [-0.4, -0.2) is 36.1 Å². The molecule has 0 amide bonds. The molecule has 0 spiro atoms. The summed E-state index contributed by atoms with van der Waals surface area (Å²) in [4.78, 5) is 6.20. The number of aromatic nitrogens is 1. The molecule has 3 nitrogen and oxygen atoms in total. The lowest BCUT2D eigenvalue weighted by Gasteiger charge is -2.26. The van der Waals surface area contributed by atoms with Gasteiger partial charge in [-0.1, -0.05) is 12.5 Å². The molecule has 1 saturated heterocycles. The molecule has 4 heteroatoms. The molecule has 0 bridgehead atoms. The van der Waals surface area contributed by atoms with Gasteiger partial charge < -0.3 is 10.2 Å². The van der Waals surface area contributed by atoms with Crippen molar-refractivity contribution in [3.8, 4) is 0 Å². The van der Waals surface area contributed by atoms with E-state index in [1.807, 2.05) is 0 Å². The van der Waals surface area contributed by atoms with Crippen LogP contribution in [0.4, 0.5) is 10.2 Å². The Morgan fingerprint density at radius 1 is 1.25 bits per heavy atom. The van der Waals surface area contributed by atoms with Crippen molar-refractivity contribution in [1.29, 1.82) is 0 Å². The van der Waals surface area contributed by atoms with E-state index in [0.717, 1.165) is 13.1 Å². The predicted molar refractivity (Wildman–Crippen MR) is 63.0 cm³/mol. The van der Waals surface area contributed by atoms with E-state index in [9.17, 15) is 4.39 Å². The van der Waals surface area contributed by atoms with E-state index in [-0.39, 0.29) is 0 Å². The molecule has 1 aromatic rings. The summed E-state index contributed by atoms with van der Waals surface area (Å²) in [5.41, 5.74) is 0. The molecular formula is C12H18FN3. The number of nitrogens with zero attached hydrogens (tertiary/aromatic N) is 2. The summed E-state index contributed by atoms with van der Waals surface area (Å²) in [7, 11) is 0. The van der Waals surface area contributed by atoms with Gasteiger partial charge >= 0.3 is 0 Å². The lowest BCUT2D eigenvalue weighted by molar-refractivity contribution is 0.237. The van der Waals surface area contributed by atoms with Crippen molar-refractivity contribution in [1.82, 2.24) is 9.88 Å². The number of anilines is 1. The second kappa shape index (κ2) is 5.80. The van der Waals surface area contributed by atoms with Crippen LogP contribution in [0.2, 0.25) is 0 Å². The summed E-state index contributed by atoms with van der Waals surface area (Å²) in [6.45, 7) is 4.23. The van der Waals surface area contributed by atoms with Gasteiger partial charge in [-0.15, -0.1) is 0 Å². The summed E-state index contributed by atoms with van der Waals surface area (Å²) < 4.78 is 12.8. The highest BCUT2D eigenvalue weighted by Gasteiger charge is 2.08. The summed E-state index contributed by atoms with van der Waals surface area (Å²) in [6.07, 6.45) is 3.96. The van der Waals surface area contributed by atoms with Crippen LogP contribution < -0.4 is 5.32 Å². The van der Waals surface area contributed by atoms with Gasteiger partial charge in [0.1, 0.15) is 5.82 Å². The number of likely N-dealkylation sites (tertiary alicyclic amines) is 1. The molecule has 2 heterocycles. The fourth-order valence-electron chi connectivity index (χ4n) is 2.03. The van der Waals surface area contributed by atoms with Gasteiger partial charge in [0, 0.05) is 13.1 Å². The van der Waals surface area contributed by atoms with E-state index in [1.165, 1.54) is 38.4 Å². The number of piperidine rings is 1. The number of rotatable bonds is 4. The number of halogens is 1. The van der Waals surface area contributed by atoms with Crippen LogP contribution in [0.3, 0.4) is 0 Å². The Balaban J connectivity index is 1.71. The maximum absolute atomic E-state index is 12.8. The summed E-state index contributed by atoms with van der Waals surface area (Å²) in [6, 6.07) is 4.82. The Bertz CT molecular complexity index is 324. The van der Waals surface area contributed by atoms with Gasteiger partial charge in [0.15, 0.2) is 0 Å². The first-order chi connectivity index (χ1) is 7.84. The summed E-state index contributed by atoms with van der Waals surface area (Å²) in [5, 5.41) is 3.14. The van der Waals surface area contributed by atoms with Crippen LogP contribution in [0.5, 0.6) is 0 Å². The minimum absolute atomic E-state index is 0.428. The molecule has 16 heavy (non-hydrogen) atoms. The highest BCUT2D eigenvalue weighted by Crippen LogP contribution is 2.08. The molecule has 0 saturated carbocycles. The molecule has 1 aliphatic heterocycles. The lowest BCUT2D eigenvalue weighted by Crippen LogP contribution is -2.33. The molecule has 88 valence electrons. The summed E-state index contributed by atoms with van der Waals surface area (Å²) in [5.74, 6) is 0.194. The molecule has 1 aliphatic rings. The maximum atomic E-state index is 12.8. The van der Waals surface area contributed by atoms with Gasteiger partial charge in [-0.2, -0.15) is 4.39 Å². The van der Waals surface area contributed by atoms with Crippen molar-refractivity contribution >= 4 is 5.82 Å². The van der Waals surface area contributed by atoms with Crippen LogP contribution in [0.1, 0.15) is 19.3 Å². The van der Waals surface area contributed by atoms with E-state index in [1.54, 1.807) is 12.1 Å². The third-order valence-corrected chi connectivity index (χ3v) is 2.90. The molecule has 0 unspecified atom stereocenters. The molecule has 0 radical (unpaired) electrons. The Morgan fingerprint density at radius 2 is 2.06 bits per heavy atom. The molecule has 0 aliphatic carbocycles. The van der Waals surface area contributed by atoms with E-state index in [4.69, 9.17) is 0 Å². The zero-order chi connectivity index (χ0) is 11.2. The maximum Gasteiger partial charge on any atom is 0.214 e. The third-order valence-electron chi connectivity index (χ3n) is 2.90. The average Bonchev–Trinajstić information content (AvgIpc) is 2.30. The third kappa shape index (κ3) is 3.45. The van der Waals surface area contributed by atoms with Gasteiger partial charge in [0.2, 0.25) is 5.95 Å². The first-order valence-corrected chi connectivity index (χ1v) is 5.93. The molecule has 1 fully saturated rings. The van der Waals surface area contributed by atoms with Crippen molar-refractivity contribution in [3.63, 3.8) is 0 Å². The standard InChI is InChI=1S/C12H18FN3/c13-11-5-4-6-12(15-11)14-7-10-16-8-2-1-3-9-16/h4-6H,1-3,7-10H2,(H,14,15). The Morgan fingerprint density at radius 3 is 2.81 bits per heavy atom. The van der Waals surface area contributed by atoms with Gasteiger partial charge in [-0.05, 0) is 38.1 Å². The summed E-state index contributed by atoms with van der Waals surface area (Å²) >= 11 is 0. The SMILES string of the molecule is Fc1cccc(NCCN2CCCCC2)n1. The Kier molecular flexibility index (Phi) is 4.10. The molecule has 1 aromatic heterocycles. The highest BCUT2D eigenvalue weighted by atomic mass is 19.1. The molecule has 0 aromatic carbocycles. The van der Waals surface area contributed by atoms with Crippen molar-refractivity contribution in [3.05, 3.63) is 24.1 Å². The van der Waals surface area contributed by atoms with E-state index >= 15 is 0 Å². The van der Waals surface area contributed by atoms with Crippen molar-refractivity contribution in [2.24, 2.45) is 0 Å². The van der Waals surface area contributed by atoms with E-state index in [0.29, 0.717) is 5.82 Å². The van der Waals surface area contributed by atoms with E-state index in [2.05, 4.69) is 15.2 Å². The minimum atomic E-state index is -0.428. The second-order valence-electron chi connectivity index (χ2n) is 4.17. The normalized spacial score (nSPS) is 17.3. The Labute approximate surface area is 95.7 Å². The fraction of sp³-hybridized carbons (Fsp3) is 0.583. The monoisotopic (exact) mass is 223 g/mol. The topological polar surface area (TPSA) is 28.2 Å². The Hall–Kier alpha value is -1.16. The van der Waals surface area contributed by atoms with Crippen LogP contribution in [0.15, 0.2) is 18.2 Å². The van der Waals surface area contributed by atoms with Crippen LogP contribution in [-0.2, 0) is 0 Å². The van der Waals surface area contributed by atoms with Gasteiger partial charge in [0.05, 0.1) is 0 Å². The number of hydrogen-bond donors (Lipinski definition) is 1. The molecule has 0 atom stereocenters. The fourth-order valence-corrected chi connectivity index (χ4v) is 2.03.